The van der Waals surface area contributed by atoms with E-state index in [1.807, 2.05) is 23.1 Å². The van der Waals surface area contributed by atoms with E-state index in [2.05, 4.69) is 5.10 Å². The summed E-state index contributed by atoms with van der Waals surface area (Å²) in [5, 5.41) is 4.43. The van der Waals surface area contributed by atoms with Crippen LogP contribution in [0.4, 0.5) is 4.39 Å². The van der Waals surface area contributed by atoms with Crippen LogP contribution in [0.3, 0.4) is 0 Å². The third kappa shape index (κ3) is 3.63. The van der Waals surface area contributed by atoms with Gasteiger partial charge in [-0.2, -0.15) is 5.10 Å². The molecular weight excluding hydrogens is 385 g/mol. The molecule has 1 fully saturated rings. The first kappa shape index (κ1) is 19.9. The zero-order chi connectivity index (χ0) is 21.3. The SMILES string of the molecule is COc1ccc(C2CCCN2C(=O)c2cc(-c3ccc(F)cc3)n(C)n2)cc1OC. The van der Waals surface area contributed by atoms with Crippen molar-refractivity contribution in [3.8, 4) is 22.8 Å². The lowest BCUT2D eigenvalue weighted by Gasteiger charge is -2.25. The summed E-state index contributed by atoms with van der Waals surface area (Å²) in [6.07, 6.45) is 1.79. The van der Waals surface area contributed by atoms with E-state index in [9.17, 15) is 9.18 Å². The lowest BCUT2D eigenvalue weighted by Crippen LogP contribution is -2.31. The number of nitrogens with zero attached hydrogens (tertiary/aromatic N) is 3. The molecule has 7 heteroatoms. The Morgan fingerprint density at radius 2 is 1.80 bits per heavy atom. The second kappa shape index (κ2) is 8.18. The molecule has 1 unspecified atom stereocenters. The van der Waals surface area contributed by atoms with E-state index in [0.717, 1.165) is 29.7 Å². The Kier molecular flexibility index (Phi) is 5.44. The molecule has 0 N–H and O–H groups in total. The molecule has 4 rings (SSSR count). The minimum atomic E-state index is -0.299. The van der Waals surface area contributed by atoms with Crippen LogP contribution in [0.5, 0.6) is 11.5 Å². The lowest BCUT2D eigenvalue weighted by molar-refractivity contribution is 0.0728. The summed E-state index contributed by atoms with van der Waals surface area (Å²) in [6.45, 7) is 0.667. The van der Waals surface area contributed by atoms with Crippen molar-refractivity contribution in [2.75, 3.05) is 20.8 Å². The Morgan fingerprint density at radius 3 is 2.50 bits per heavy atom. The third-order valence-corrected chi connectivity index (χ3v) is 5.54. The summed E-state index contributed by atoms with van der Waals surface area (Å²) in [4.78, 5) is 15.2. The molecule has 1 aromatic heterocycles. The van der Waals surface area contributed by atoms with Crippen LogP contribution in [-0.2, 0) is 7.05 Å². The van der Waals surface area contributed by atoms with Gasteiger partial charge in [0.05, 0.1) is 26.0 Å². The van der Waals surface area contributed by atoms with Gasteiger partial charge < -0.3 is 14.4 Å². The zero-order valence-corrected chi connectivity index (χ0v) is 17.3. The van der Waals surface area contributed by atoms with E-state index in [-0.39, 0.29) is 17.8 Å². The summed E-state index contributed by atoms with van der Waals surface area (Å²) in [5.41, 5.74) is 2.96. The van der Waals surface area contributed by atoms with E-state index < -0.39 is 0 Å². The Labute approximate surface area is 174 Å². The first-order valence-corrected chi connectivity index (χ1v) is 9.84. The molecule has 0 saturated carbocycles. The molecule has 30 heavy (non-hydrogen) atoms. The lowest BCUT2D eigenvalue weighted by atomic mass is 10.0. The molecule has 0 spiro atoms. The largest absolute Gasteiger partial charge is 0.493 e. The number of ether oxygens (including phenoxy) is 2. The van der Waals surface area contributed by atoms with E-state index >= 15 is 0 Å². The van der Waals surface area contributed by atoms with Crippen molar-refractivity contribution in [2.45, 2.75) is 18.9 Å². The molecule has 0 aliphatic carbocycles. The minimum absolute atomic E-state index is 0.0476. The number of benzene rings is 2. The van der Waals surface area contributed by atoms with Gasteiger partial charge in [-0.1, -0.05) is 6.07 Å². The number of carbonyl (C=O) groups is 1. The Morgan fingerprint density at radius 1 is 1.07 bits per heavy atom. The standard InChI is InChI=1S/C23H24FN3O3/c1-26-20(15-6-9-17(24)10-7-15)14-18(25-26)23(28)27-12-4-5-19(27)16-8-11-21(29-2)22(13-16)30-3/h6-11,13-14,19H,4-5,12H2,1-3H3. The number of aryl methyl sites for hydroxylation is 1. The number of amides is 1. The third-order valence-electron chi connectivity index (χ3n) is 5.54. The molecule has 0 bridgehead atoms. The van der Waals surface area contributed by atoms with Crippen LogP contribution in [0.15, 0.2) is 48.5 Å². The molecule has 3 aromatic rings. The van der Waals surface area contributed by atoms with Crippen LogP contribution in [0, 0.1) is 5.82 Å². The summed E-state index contributed by atoms with van der Waals surface area (Å²) < 4.78 is 25.6. The summed E-state index contributed by atoms with van der Waals surface area (Å²) >= 11 is 0. The molecular formula is C23H24FN3O3. The fraction of sp³-hybridized carbons (Fsp3) is 0.304. The number of hydrogen-bond donors (Lipinski definition) is 0. The van der Waals surface area contributed by atoms with Gasteiger partial charge in [-0.05, 0) is 66.4 Å². The van der Waals surface area contributed by atoms with Crippen LogP contribution in [-0.4, -0.2) is 41.4 Å². The molecule has 0 radical (unpaired) electrons. The first-order valence-electron chi connectivity index (χ1n) is 9.84. The molecule has 1 saturated heterocycles. The predicted octanol–water partition coefficient (Wildman–Crippen LogP) is 4.22. The quantitative estimate of drug-likeness (QED) is 0.633. The molecule has 6 nitrogen and oxygen atoms in total. The summed E-state index contributed by atoms with van der Waals surface area (Å²) in [5.74, 6) is 0.889. The van der Waals surface area contributed by atoms with Gasteiger partial charge >= 0.3 is 0 Å². The predicted molar refractivity (Wildman–Crippen MR) is 111 cm³/mol. The van der Waals surface area contributed by atoms with Crippen LogP contribution in [0.2, 0.25) is 0 Å². The van der Waals surface area contributed by atoms with Crippen molar-refractivity contribution in [3.05, 3.63) is 65.6 Å². The highest BCUT2D eigenvalue weighted by Crippen LogP contribution is 2.37. The van der Waals surface area contributed by atoms with Gasteiger partial charge in [-0.15, -0.1) is 0 Å². The Bertz CT molecular complexity index is 1060. The number of rotatable bonds is 5. The second-order valence-corrected chi connectivity index (χ2v) is 7.32. The van der Waals surface area contributed by atoms with Gasteiger partial charge in [0.2, 0.25) is 0 Å². The highest BCUT2D eigenvalue weighted by atomic mass is 19.1. The van der Waals surface area contributed by atoms with E-state index in [0.29, 0.717) is 23.7 Å². The van der Waals surface area contributed by atoms with Crippen molar-refractivity contribution in [1.29, 1.82) is 0 Å². The van der Waals surface area contributed by atoms with Crippen LogP contribution >= 0.6 is 0 Å². The topological polar surface area (TPSA) is 56.6 Å². The first-order chi connectivity index (χ1) is 14.5. The molecule has 1 atom stereocenters. The highest BCUT2D eigenvalue weighted by Gasteiger charge is 2.32. The second-order valence-electron chi connectivity index (χ2n) is 7.32. The number of halogens is 1. The number of carbonyl (C=O) groups excluding carboxylic acids is 1. The highest BCUT2D eigenvalue weighted by molar-refractivity contribution is 5.94. The van der Waals surface area contributed by atoms with Crippen molar-refractivity contribution < 1.29 is 18.7 Å². The summed E-state index contributed by atoms with van der Waals surface area (Å²) in [6, 6.07) is 13.6. The van der Waals surface area contributed by atoms with Crippen LogP contribution < -0.4 is 9.47 Å². The van der Waals surface area contributed by atoms with Gasteiger partial charge in [0.1, 0.15) is 5.82 Å². The summed E-state index contributed by atoms with van der Waals surface area (Å²) in [7, 11) is 4.98. The fourth-order valence-electron chi connectivity index (χ4n) is 4.03. The van der Waals surface area contributed by atoms with Crippen molar-refractivity contribution in [3.63, 3.8) is 0 Å². The van der Waals surface area contributed by atoms with Crippen molar-refractivity contribution in [1.82, 2.24) is 14.7 Å². The van der Waals surface area contributed by atoms with E-state index in [4.69, 9.17) is 9.47 Å². The zero-order valence-electron chi connectivity index (χ0n) is 17.3. The van der Waals surface area contributed by atoms with Gasteiger partial charge in [-0.25, -0.2) is 4.39 Å². The number of likely N-dealkylation sites (tertiary alicyclic amines) is 1. The van der Waals surface area contributed by atoms with Crippen LogP contribution in [0.1, 0.15) is 34.9 Å². The fourth-order valence-corrected chi connectivity index (χ4v) is 4.03. The van der Waals surface area contributed by atoms with E-state index in [1.165, 1.54) is 12.1 Å². The van der Waals surface area contributed by atoms with Crippen molar-refractivity contribution >= 4 is 5.91 Å². The maximum atomic E-state index is 13.3. The molecule has 156 valence electrons. The van der Waals surface area contributed by atoms with Gasteiger partial charge in [0, 0.05) is 13.6 Å². The number of hydrogen-bond acceptors (Lipinski definition) is 4. The monoisotopic (exact) mass is 409 g/mol. The molecule has 1 aliphatic rings. The number of methoxy groups -OCH3 is 2. The van der Waals surface area contributed by atoms with Crippen LogP contribution in [0.25, 0.3) is 11.3 Å². The minimum Gasteiger partial charge on any atom is -0.493 e. The maximum Gasteiger partial charge on any atom is 0.274 e. The molecule has 2 heterocycles. The van der Waals surface area contributed by atoms with Crippen molar-refractivity contribution in [2.24, 2.45) is 7.05 Å². The Hall–Kier alpha value is -3.35. The average Bonchev–Trinajstić information content (AvgIpc) is 3.40. The Balaban J connectivity index is 1.61. The average molecular weight is 409 g/mol. The van der Waals surface area contributed by atoms with Gasteiger partial charge in [-0.3, -0.25) is 9.48 Å². The molecule has 2 aromatic carbocycles. The normalized spacial score (nSPS) is 16.0. The van der Waals surface area contributed by atoms with E-state index in [1.54, 1.807) is 44.1 Å². The van der Waals surface area contributed by atoms with Gasteiger partial charge in [0.25, 0.3) is 5.91 Å². The molecule has 1 amide bonds. The molecule has 1 aliphatic heterocycles. The van der Waals surface area contributed by atoms with Gasteiger partial charge in [0.15, 0.2) is 17.2 Å². The smallest absolute Gasteiger partial charge is 0.274 e. The number of aromatic nitrogens is 2. The maximum absolute atomic E-state index is 13.3.